The van der Waals surface area contributed by atoms with Gasteiger partial charge in [0.05, 0.1) is 11.1 Å². The number of amides is 1. The van der Waals surface area contributed by atoms with Crippen LogP contribution in [0.2, 0.25) is 5.02 Å². The second-order valence-corrected chi connectivity index (χ2v) is 6.80. The van der Waals surface area contributed by atoms with Gasteiger partial charge in [-0.15, -0.1) is 0 Å². The average molecular weight is 423 g/mol. The van der Waals surface area contributed by atoms with Crippen molar-refractivity contribution in [3.63, 3.8) is 0 Å². The van der Waals surface area contributed by atoms with E-state index < -0.39 is 47.0 Å². The van der Waals surface area contributed by atoms with Crippen molar-refractivity contribution in [2.45, 2.75) is 37.2 Å². The first kappa shape index (κ1) is 20.4. The summed E-state index contributed by atoms with van der Waals surface area (Å²) in [5, 5.41) is 2.38. The molecule has 2 aromatic rings. The topological polar surface area (TPSA) is 42.0 Å². The third-order valence-electron chi connectivity index (χ3n) is 4.65. The van der Waals surface area contributed by atoms with E-state index in [9.17, 15) is 31.1 Å². The van der Waals surface area contributed by atoms with E-state index in [-0.39, 0.29) is 5.02 Å². The zero-order chi connectivity index (χ0) is 20.7. The van der Waals surface area contributed by atoms with E-state index in [1.165, 1.54) is 6.07 Å². The summed E-state index contributed by atoms with van der Waals surface area (Å²) in [4.78, 5) is 15.8. The lowest BCUT2D eigenvalue weighted by molar-refractivity contribution is -0.138. The number of halogens is 7. The normalized spacial score (nSPS) is 19.8. The molecule has 3 rings (SSSR count). The van der Waals surface area contributed by atoms with E-state index in [2.05, 4.69) is 10.3 Å². The fourth-order valence-corrected chi connectivity index (χ4v) is 3.42. The van der Waals surface area contributed by atoms with Crippen LogP contribution in [0, 0.1) is 0 Å². The second-order valence-electron chi connectivity index (χ2n) is 6.40. The van der Waals surface area contributed by atoms with Crippen LogP contribution in [0.1, 0.15) is 45.9 Å². The molecule has 0 radical (unpaired) electrons. The lowest BCUT2D eigenvalue weighted by Crippen LogP contribution is -2.46. The number of alkyl halides is 6. The van der Waals surface area contributed by atoms with Gasteiger partial charge >= 0.3 is 12.4 Å². The summed E-state index contributed by atoms with van der Waals surface area (Å²) in [6, 6.07) is 4.20. The standard InChI is InChI=1S/C18H13ClF6N2O/c19-13-8-9(17(20,21)22)3-4-10(13)11-5-6-14(11)27-16(28)15-12(18(23,24)25)2-1-7-26-15/h1-4,7-8,11,14H,5-6H2,(H,27,28)/t11-,14-/m0/s1. The number of nitrogens with zero attached hydrogens (tertiary/aromatic N) is 1. The van der Waals surface area contributed by atoms with Crippen LogP contribution in [0.5, 0.6) is 0 Å². The number of hydrogen-bond acceptors (Lipinski definition) is 2. The van der Waals surface area contributed by atoms with Gasteiger partial charge in [0, 0.05) is 23.2 Å². The minimum absolute atomic E-state index is 0.104. The third kappa shape index (κ3) is 4.09. The van der Waals surface area contributed by atoms with E-state index in [0.717, 1.165) is 30.5 Å². The first-order valence-electron chi connectivity index (χ1n) is 8.18. The smallest absolute Gasteiger partial charge is 0.347 e. The number of hydrogen-bond donors (Lipinski definition) is 1. The lowest BCUT2D eigenvalue weighted by Gasteiger charge is -2.38. The zero-order valence-corrected chi connectivity index (χ0v) is 14.8. The lowest BCUT2D eigenvalue weighted by atomic mass is 9.74. The second kappa shape index (κ2) is 7.27. The van der Waals surface area contributed by atoms with E-state index in [1.807, 2.05) is 0 Å². The molecule has 0 unspecified atom stereocenters. The van der Waals surface area contributed by atoms with E-state index >= 15 is 0 Å². The van der Waals surface area contributed by atoms with Crippen LogP contribution in [0.15, 0.2) is 36.5 Å². The van der Waals surface area contributed by atoms with Crippen LogP contribution >= 0.6 is 11.6 Å². The molecule has 3 nitrogen and oxygen atoms in total. The highest BCUT2D eigenvalue weighted by Gasteiger charge is 2.39. The van der Waals surface area contributed by atoms with Crippen molar-refractivity contribution in [1.82, 2.24) is 10.3 Å². The summed E-state index contributed by atoms with van der Waals surface area (Å²) in [5.74, 6) is -1.39. The maximum Gasteiger partial charge on any atom is 0.418 e. The fraction of sp³-hybridized carbons (Fsp3) is 0.333. The SMILES string of the molecule is O=C(N[C@H]1CC[C@H]1c1ccc(C(F)(F)F)cc1Cl)c1ncccc1C(F)(F)F. The van der Waals surface area contributed by atoms with Gasteiger partial charge in [-0.2, -0.15) is 26.3 Å². The molecule has 1 heterocycles. The fourth-order valence-electron chi connectivity index (χ4n) is 3.10. The molecule has 1 fully saturated rings. The molecule has 150 valence electrons. The number of nitrogens with one attached hydrogen (secondary N) is 1. The average Bonchev–Trinajstić information content (AvgIpc) is 2.58. The van der Waals surface area contributed by atoms with Gasteiger partial charge in [0.1, 0.15) is 5.69 Å². The van der Waals surface area contributed by atoms with Gasteiger partial charge < -0.3 is 5.32 Å². The molecule has 1 aliphatic carbocycles. The van der Waals surface area contributed by atoms with E-state index in [1.54, 1.807) is 0 Å². The van der Waals surface area contributed by atoms with Gasteiger partial charge in [-0.1, -0.05) is 17.7 Å². The van der Waals surface area contributed by atoms with Gasteiger partial charge in [0.15, 0.2) is 0 Å². The quantitative estimate of drug-likeness (QED) is 0.668. The molecular formula is C18H13ClF6N2O. The number of aromatic nitrogens is 1. The molecule has 1 saturated carbocycles. The molecule has 0 bridgehead atoms. The van der Waals surface area contributed by atoms with Crippen molar-refractivity contribution in [2.24, 2.45) is 0 Å². The van der Waals surface area contributed by atoms with Gasteiger partial charge in [-0.3, -0.25) is 9.78 Å². The summed E-state index contributed by atoms with van der Waals surface area (Å²) in [6.45, 7) is 0. The number of pyridine rings is 1. The monoisotopic (exact) mass is 422 g/mol. The van der Waals surface area contributed by atoms with Gasteiger partial charge in [-0.25, -0.2) is 0 Å². The largest absolute Gasteiger partial charge is 0.418 e. The maximum atomic E-state index is 13.0. The first-order chi connectivity index (χ1) is 13.0. The number of benzene rings is 1. The van der Waals surface area contributed by atoms with Crippen molar-refractivity contribution in [3.05, 3.63) is 63.9 Å². The molecule has 1 aromatic carbocycles. The summed E-state index contributed by atoms with van der Waals surface area (Å²) in [7, 11) is 0. The van der Waals surface area contributed by atoms with Crippen molar-refractivity contribution >= 4 is 17.5 Å². The van der Waals surface area contributed by atoms with Crippen LogP contribution in [0.25, 0.3) is 0 Å². The van der Waals surface area contributed by atoms with Crippen molar-refractivity contribution in [1.29, 1.82) is 0 Å². The van der Waals surface area contributed by atoms with Gasteiger partial charge in [0.25, 0.3) is 5.91 Å². The molecule has 10 heteroatoms. The van der Waals surface area contributed by atoms with E-state index in [0.29, 0.717) is 18.4 Å². The van der Waals surface area contributed by atoms with Crippen LogP contribution in [-0.4, -0.2) is 16.9 Å². The minimum atomic E-state index is -4.74. The Hall–Kier alpha value is -2.29. The highest BCUT2D eigenvalue weighted by molar-refractivity contribution is 6.31. The highest BCUT2D eigenvalue weighted by atomic mass is 35.5. The molecule has 0 saturated heterocycles. The molecule has 0 aliphatic heterocycles. The summed E-state index contributed by atoms with van der Waals surface area (Å²) >= 11 is 5.97. The van der Waals surface area contributed by atoms with Gasteiger partial charge in [-0.05, 0) is 42.7 Å². The summed E-state index contributed by atoms with van der Waals surface area (Å²) < 4.78 is 77.4. The predicted octanol–water partition coefficient (Wildman–Crippen LogP) is 5.45. The molecule has 0 spiro atoms. The molecule has 1 aliphatic rings. The van der Waals surface area contributed by atoms with Crippen LogP contribution in [0.4, 0.5) is 26.3 Å². The molecule has 1 N–H and O–H groups in total. The van der Waals surface area contributed by atoms with Crippen LogP contribution in [0.3, 0.4) is 0 Å². The van der Waals surface area contributed by atoms with Crippen molar-refractivity contribution in [2.75, 3.05) is 0 Å². The van der Waals surface area contributed by atoms with Crippen LogP contribution in [-0.2, 0) is 12.4 Å². The number of carbonyl (C=O) groups is 1. The minimum Gasteiger partial charge on any atom is -0.347 e. The van der Waals surface area contributed by atoms with Crippen LogP contribution < -0.4 is 5.32 Å². The molecule has 1 amide bonds. The number of carbonyl (C=O) groups excluding carboxylic acids is 1. The molecule has 1 aromatic heterocycles. The van der Waals surface area contributed by atoms with Crippen molar-refractivity contribution in [3.8, 4) is 0 Å². The summed E-state index contributed by atoms with van der Waals surface area (Å²) in [6.07, 6.45) is -7.21. The Morgan fingerprint density at radius 1 is 1.07 bits per heavy atom. The van der Waals surface area contributed by atoms with Crippen molar-refractivity contribution < 1.29 is 31.1 Å². The molecule has 2 atom stereocenters. The predicted molar refractivity (Wildman–Crippen MR) is 88.9 cm³/mol. The number of rotatable bonds is 3. The maximum absolute atomic E-state index is 13.0. The Kier molecular flexibility index (Phi) is 5.31. The Morgan fingerprint density at radius 2 is 1.79 bits per heavy atom. The molecular weight excluding hydrogens is 410 g/mol. The zero-order valence-electron chi connectivity index (χ0n) is 14.0. The Morgan fingerprint density at radius 3 is 2.32 bits per heavy atom. The Bertz CT molecular complexity index is 896. The highest BCUT2D eigenvalue weighted by Crippen LogP contribution is 2.42. The Balaban J connectivity index is 1.78. The van der Waals surface area contributed by atoms with Gasteiger partial charge in [0.2, 0.25) is 0 Å². The summed E-state index contributed by atoms with van der Waals surface area (Å²) in [5.41, 5.74) is -2.40. The Labute approximate surface area is 160 Å². The first-order valence-corrected chi connectivity index (χ1v) is 8.56. The third-order valence-corrected chi connectivity index (χ3v) is 4.97. The van der Waals surface area contributed by atoms with E-state index in [4.69, 9.17) is 11.6 Å². The molecule has 28 heavy (non-hydrogen) atoms.